The Labute approximate surface area is 75.5 Å². The molecule has 2 heterocycles. The van der Waals surface area contributed by atoms with Crippen LogP contribution in [0.25, 0.3) is 0 Å². The Morgan fingerprint density at radius 3 is 2.83 bits per heavy atom. The van der Waals surface area contributed by atoms with Crippen molar-refractivity contribution in [2.45, 2.75) is 38.6 Å². The van der Waals surface area contributed by atoms with Crippen LogP contribution < -0.4 is 0 Å². The van der Waals surface area contributed by atoms with E-state index in [1.165, 1.54) is 38.8 Å². The van der Waals surface area contributed by atoms with Crippen LogP contribution in [0.1, 0.15) is 32.6 Å². The van der Waals surface area contributed by atoms with Crippen molar-refractivity contribution in [1.82, 2.24) is 10.0 Å². The molecule has 0 bridgehead atoms. The van der Waals surface area contributed by atoms with Crippen LogP contribution >= 0.6 is 0 Å². The van der Waals surface area contributed by atoms with Gasteiger partial charge in [0, 0.05) is 26.2 Å². The Hall–Kier alpha value is -0.0800. The standard InChI is InChI=1S/C10H20N2/c1-9-5-7-12-10(8-9)4-3-6-11(12)2/h9-10H,3-8H2,1-2H3. The van der Waals surface area contributed by atoms with Crippen molar-refractivity contribution in [2.24, 2.45) is 5.92 Å². The highest BCUT2D eigenvalue weighted by molar-refractivity contribution is 4.81. The normalized spacial score (nSPS) is 39.5. The second-order valence-electron chi connectivity index (χ2n) is 4.47. The third kappa shape index (κ3) is 1.50. The summed E-state index contributed by atoms with van der Waals surface area (Å²) in [5.41, 5.74) is 0. The molecule has 0 saturated carbocycles. The van der Waals surface area contributed by atoms with Gasteiger partial charge in [0.25, 0.3) is 0 Å². The molecule has 0 aliphatic carbocycles. The van der Waals surface area contributed by atoms with Gasteiger partial charge in [-0.25, -0.2) is 10.0 Å². The highest BCUT2D eigenvalue weighted by atomic mass is 15.6. The minimum absolute atomic E-state index is 0.868. The quantitative estimate of drug-likeness (QED) is 0.543. The first-order valence-electron chi connectivity index (χ1n) is 5.25. The van der Waals surface area contributed by atoms with Gasteiger partial charge in [-0.2, -0.15) is 0 Å². The zero-order chi connectivity index (χ0) is 8.55. The number of nitrogens with zero attached hydrogens (tertiary/aromatic N) is 2. The molecule has 2 saturated heterocycles. The zero-order valence-corrected chi connectivity index (χ0v) is 8.29. The van der Waals surface area contributed by atoms with E-state index in [4.69, 9.17) is 0 Å². The third-order valence-corrected chi connectivity index (χ3v) is 3.40. The predicted octanol–water partition coefficient (Wildman–Crippen LogP) is 1.73. The molecule has 0 amide bonds. The summed E-state index contributed by atoms with van der Waals surface area (Å²) in [4.78, 5) is 0. The lowest BCUT2D eigenvalue weighted by molar-refractivity contribution is -0.0966. The van der Waals surface area contributed by atoms with Crippen molar-refractivity contribution in [3.63, 3.8) is 0 Å². The Balaban J connectivity index is 1.99. The predicted molar refractivity (Wildman–Crippen MR) is 50.8 cm³/mol. The van der Waals surface area contributed by atoms with E-state index >= 15 is 0 Å². The molecule has 0 aromatic heterocycles. The molecule has 2 rings (SSSR count). The van der Waals surface area contributed by atoms with Crippen LogP contribution in [0.15, 0.2) is 0 Å². The van der Waals surface area contributed by atoms with Gasteiger partial charge in [-0.3, -0.25) is 0 Å². The maximum absolute atomic E-state index is 2.59. The summed E-state index contributed by atoms with van der Waals surface area (Å²) >= 11 is 0. The van der Waals surface area contributed by atoms with E-state index in [2.05, 4.69) is 24.0 Å². The topological polar surface area (TPSA) is 6.48 Å². The Morgan fingerprint density at radius 2 is 2.00 bits per heavy atom. The molecule has 2 atom stereocenters. The van der Waals surface area contributed by atoms with Crippen LogP contribution in [-0.2, 0) is 0 Å². The summed E-state index contributed by atoms with van der Waals surface area (Å²) in [5.74, 6) is 0.956. The molecule has 2 aliphatic heterocycles. The van der Waals surface area contributed by atoms with E-state index in [-0.39, 0.29) is 0 Å². The summed E-state index contributed by atoms with van der Waals surface area (Å²) in [5, 5.41) is 5.02. The van der Waals surface area contributed by atoms with Crippen LogP contribution in [0.3, 0.4) is 0 Å². The summed E-state index contributed by atoms with van der Waals surface area (Å²) in [6.45, 7) is 4.96. The maximum atomic E-state index is 2.59. The van der Waals surface area contributed by atoms with Crippen LogP contribution in [0, 0.1) is 5.92 Å². The van der Waals surface area contributed by atoms with Crippen molar-refractivity contribution in [2.75, 3.05) is 20.1 Å². The van der Waals surface area contributed by atoms with Crippen LogP contribution in [-0.4, -0.2) is 36.2 Å². The molecule has 12 heavy (non-hydrogen) atoms. The lowest BCUT2D eigenvalue weighted by Crippen LogP contribution is -2.54. The van der Waals surface area contributed by atoms with Crippen LogP contribution in [0.5, 0.6) is 0 Å². The fourth-order valence-corrected chi connectivity index (χ4v) is 2.64. The molecule has 70 valence electrons. The molecule has 2 unspecified atom stereocenters. The largest absolute Gasteiger partial charge is 0.245 e. The van der Waals surface area contributed by atoms with Gasteiger partial charge in [-0.1, -0.05) is 6.92 Å². The van der Waals surface area contributed by atoms with E-state index in [1.807, 2.05) is 0 Å². The van der Waals surface area contributed by atoms with Gasteiger partial charge < -0.3 is 0 Å². The first-order chi connectivity index (χ1) is 5.77. The lowest BCUT2D eigenvalue weighted by atomic mass is 9.90. The van der Waals surface area contributed by atoms with E-state index < -0.39 is 0 Å². The second-order valence-corrected chi connectivity index (χ2v) is 4.47. The van der Waals surface area contributed by atoms with Crippen molar-refractivity contribution < 1.29 is 0 Å². The second kappa shape index (κ2) is 3.35. The fraction of sp³-hybridized carbons (Fsp3) is 1.00. The number of hydrogen-bond acceptors (Lipinski definition) is 2. The average Bonchev–Trinajstić information content (AvgIpc) is 2.04. The molecule has 2 fully saturated rings. The molecule has 2 nitrogen and oxygen atoms in total. The van der Waals surface area contributed by atoms with Gasteiger partial charge in [-0.05, 0) is 31.6 Å². The number of piperidine rings is 1. The van der Waals surface area contributed by atoms with Gasteiger partial charge in [-0.15, -0.1) is 0 Å². The van der Waals surface area contributed by atoms with E-state index in [9.17, 15) is 0 Å². The van der Waals surface area contributed by atoms with Gasteiger partial charge in [0.2, 0.25) is 0 Å². The summed E-state index contributed by atoms with van der Waals surface area (Å²) in [6.07, 6.45) is 5.63. The first kappa shape index (κ1) is 8.52. The van der Waals surface area contributed by atoms with Gasteiger partial charge in [0.1, 0.15) is 0 Å². The Kier molecular flexibility index (Phi) is 2.37. The summed E-state index contributed by atoms with van der Waals surface area (Å²) < 4.78 is 0. The van der Waals surface area contributed by atoms with Crippen molar-refractivity contribution in [3.8, 4) is 0 Å². The smallest absolute Gasteiger partial charge is 0.0248 e. The first-order valence-corrected chi connectivity index (χ1v) is 5.25. The Bertz CT molecular complexity index is 158. The van der Waals surface area contributed by atoms with Gasteiger partial charge >= 0.3 is 0 Å². The zero-order valence-electron chi connectivity index (χ0n) is 8.29. The molecule has 0 radical (unpaired) electrons. The van der Waals surface area contributed by atoms with E-state index in [0.29, 0.717) is 0 Å². The summed E-state index contributed by atoms with van der Waals surface area (Å²) in [6, 6.07) is 0.868. The van der Waals surface area contributed by atoms with Gasteiger partial charge in [0.05, 0.1) is 0 Å². The molecular weight excluding hydrogens is 148 g/mol. The van der Waals surface area contributed by atoms with E-state index in [0.717, 1.165) is 12.0 Å². The van der Waals surface area contributed by atoms with E-state index in [1.54, 1.807) is 0 Å². The third-order valence-electron chi connectivity index (χ3n) is 3.40. The molecule has 0 spiro atoms. The van der Waals surface area contributed by atoms with Crippen molar-refractivity contribution in [3.05, 3.63) is 0 Å². The molecule has 0 aromatic carbocycles. The minimum Gasteiger partial charge on any atom is -0.245 e. The lowest BCUT2D eigenvalue weighted by Gasteiger charge is -2.46. The Morgan fingerprint density at radius 1 is 1.17 bits per heavy atom. The monoisotopic (exact) mass is 168 g/mol. The molecule has 0 aromatic rings. The number of fused-ring (bicyclic) bond motifs is 1. The number of rotatable bonds is 0. The average molecular weight is 168 g/mol. The highest BCUT2D eigenvalue weighted by Gasteiger charge is 2.31. The maximum Gasteiger partial charge on any atom is 0.0248 e. The van der Waals surface area contributed by atoms with Crippen LogP contribution in [0.2, 0.25) is 0 Å². The molecule has 2 heteroatoms. The summed E-state index contributed by atoms with van der Waals surface area (Å²) in [7, 11) is 2.24. The van der Waals surface area contributed by atoms with Crippen LogP contribution in [0.4, 0.5) is 0 Å². The molecule has 2 aliphatic rings. The number of hydrogen-bond donors (Lipinski definition) is 0. The van der Waals surface area contributed by atoms with Crippen molar-refractivity contribution in [1.29, 1.82) is 0 Å². The number of hydrazine groups is 1. The highest BCUT2D eigenvalue weighted by Crippen LogP contribution is 2.28. The van der Waals surface area contributed by atoms with Crippen molar-refractivity contribution >= 4 is 0 Å². The fourth-order valence-electron chi connectivity index (χ4n) is 2.64. The molecule has 0 N–H and O–H groups in total. The SMILES string of the molecule is CC1CCN2C(CCCN2C)C1. The minimum atomic E-state index is 0.868. The van der Waals surface area contributed by atoms with Gasteiger partial charge in [0.15, 0.2) is 0 Å². The molecular formula is C10H20N2.